The highest BCUT2D eigenvalue weighted by atomic mass is 16.3. The molecule has 0 aromatic heterocycles. The second-order valence-electron chi connectivity index (χ2n) is 6.01. The number of aliphatic hydroxyl groups is 1. The van der Waals surface area contributed by atoms with Crippen molar-refractivity contribution in [2.45, 2.75) is 26.1 Å². The van der Waals surface area contributed by atoms with E-state index in [4.69, 9.17) is 0 Å². The van der Waals surface area contributed by atoms with Crippen molar-refractivity contribution in [3.8, 4) is 0 Å². The summed E-state index contributed by atoms with van der Waals surface area (Å²) in [6, 6.07) is 27.1. The van der Waals surface area contributed by atoms with Gasteiger partial charge in [0, 0.05) is 6.54 Å². The minimum absolute atomic E-state index is 0.0677. The molecule has 0 saturated carbocycles. The third-order valence-electron chi connectivity index (χ3n) is 4.42. The van der Waals surface area contributed by atoms with Crippen molar-refractivity contribution < 1.29 is 5.11 Å². The molecule has 0 amide bonds. The number of nitrogens with one attached hydrogen (secondary N) is 1. The van der Waals surface area contributed by atoms with Gasteiger partial charge in [-0.15, -0.1) is 0 Å². The zero-order chi connectivity index (χ0) is 16.8. The molecule has 0 bridgehead atoms. The minimum atomic E-state index is 0.0677. The molecule has 0 fully saturated rings. The van der Waals surface area contributed by atoms with Gasteiger partial charge in [-0.1, -0.05) is 78.9 Å². The van der Waals surface area contributed by atoms with Gasteiger partial charge < -0.3 is 10.4 Å². The van der Waals surface area contributed by atoms with Crippen molar-refractivity contribution in [1.29, 1.82) is 0 Å². The van der Waals surface area contributed by atoms with Crippen LogP contribution < -0.4 is 5.32 Å². The number of aliphatic hydroxyl groups excluding tert-OH is 1. The zero-order valence-electron chi connectivity index (χ0n) is 13.9. The first-order valence-electron chi connectivity index (χ1n) is 8.31. The highest BCUT2D eigenvalue weighted by molar-refractivity contribution is 5.37. The van der Waals surface area contributed by atoms with E-state index >= 15 is 0 Å². The summed E-state index contributed by atoms with van der Waals surface area (Å²) in [6.07, 6.45) is 0. The van der Waals surface area contributed by atoms with Gasteiger partial charge in [-0.2, -0.15) is 0 Å². The normalized spacial score (nSPS) is 12.1. The molecule has 0 aliphatic rings. The number of rotatable bonds is 6. The van der Waals surface area contributed by atoms with Crippen LogP contribution in [0.1, 0.15) is 33.9 Å². The Morgan fingerprint density at radius 1 is 0.792 bits per heavy atom. The Morgan fingerprint density at radius 3 is 2.12 bits per heavy atom. The fraction of sp³-hybridized carbons (Fsp3) is 0.182. The van der Waals surface area contributed by atoms with Gasteiger partial charge >= 0.3 is 0 Å². The van der Waals surface area contributed by atoms with Crippen LogP contribution in [0.4, 0.5) is 0 Å². The van der Waals surface area contributed by atoms with Crippen LogP contribution in [0.15, 0.2) is 78.9 Å². The van der Waals surface area contributed by atoms with Crippen LogP contribution in [-0.4, -0.2) is 5.11 Å². The van der Waals surface area contributed by atoms with Gasteiger partial charge in [-0.3, -0.25) is 0 Å². The van der Waals surface area contributed by atoms with E-state index in [1.165, 1.54) is 16.7 Å². The Labute approximate surface area is 143 Å². The molecule has 122 valence electrons. The fourth-order valence-corrected chi connectivity index (χ4v) is 3.06. The second-order valence-corrected chi connectivity index (χ2v) is 6.01. The van der Waals surface area contributed by atoms with Crippen LogP contribution in [0, 0.1) is 6.92 Å². The Balaban J connectivity index is 1.90. The van der Waals surface area contributed by atoms with E-state index < -0.39 is 0 Å². The molecule has 2 heteroatoms. The molecular formula is C22H23NO. The van der Waals surface area contributed by atoms with Gasteiger partial charge in [0.15, 0.2) is 0 Å². The fourth-order valence-electron chi connectivity index (χ4n) is 3.06. The maximum atomic E-state index is 9.53. The molecule has 0 saturated heterocycles. The average molecular weight is 317 g/mol. The monoisotopic (exact) mass is 317 g/mol. The van der Waals surface area contributed by atoms with E-state index in [0.29, 0.717) is 6.54 Å². The summed E-state index contributed by atoms with van der Waals surface area (Å²) < 4.78 is 0. The molecule has 0 radical (unpaired) electrons. The van der Waals surface area contributed by atoms with Crippen molar-refractivity contribution in [2.75, 3.05) is 0 Å². The van der Waals surface area contributed by atoms with Gasteiger partial charge in [0.25, 0.3) is 0 Å². The smallest absolute Gasteiger partial charge is 0.0685 e. The topological polar surface area (TPSA) is 32.3 Å². The van der Waals surface area contributed by atoms with Gasteiger partial charge in [0.2, 0.25) is 0 Å². The van der Waals surface area contributed by atoms with Crippen molar-refractivity contribution in [2.24, 2.45) is 0 Å². The molecule has 3 aromatic rings. The highest BCUT2D eigenvalue weighted by Gasteiger charge is 2.15. The summed E-state index contributed by atoms with van der Waals surface area (Å²) in [5.41, 5.74) is 5.91. The van der Waals surface area contributed by atoms with E-state index in [1.54, 1.807) is 0 Å². The Kier molecular flexibility index (Phi) is 5.42. The first-order chi connectivity index (χ1) is 11.8. The summed E-state index contributed by atoms with van der Waals surface area (Å²) in [7, 11) is 0. The molecular weight excluding hydrogens is 294 g/mol. The standard InChI is InChI=1S/C22H23NO/c1-17-9-5-8-14-21(17)22(18-10-3-2-4-11-18)23-15-19-12-6-7-13-20(19)16-24/h2-14,22-24H,15-16H2,1H3. The first-order valence-corrected chi connectivity index (χ1v) is 8.31. The number of hydrogen-bond donors (Lipinski definition) is 2. The molecule has 1 unspecified atom stereocenters. The van der Waals surface area contributed by atoms with Gasteiger partial charge in [-0.25, -0.2) is 0 Å². The number of aryl methyl sites for hydroxylation is 1. The number of hydrogen-bond acceptors (Lipinski definition) is 2. The van der Waals surface area contributed by atoms with Crippen LogP contribution in [0.3, 0.4) is 0 Å². The lowest BCUT2D eigenvalue weighted by Gasteiger charge is -2.22. The Bertz CT molecular complexity index is 783. The molecule has 0 heterocycles. The van der Waals surface area contributed by atoms with E-state index in [9.17, 15) is 5.11 Å². The van der Waals surface area contributed by atoms with Crippen LogP contribution in [0.2, 0.25) is 0 Å². The molecule has 3 rings (SSSR count). The van der Waals surface area contributed by atoms with Gasteiger partial charge in [-0.05, 0) is 34.7 Å². The highest BCUT2D eigenvalue weighted by Crippen LogP contribution is 2.25. The summed E-state index contributed by atoms with van der Waals surface area (Å²) in [4.78, 5) is 0. The van der Waals surface area contributed by atoms with E-state index in [2.05, 4.69) is 66.8 Å². The molecule has 0 aliphatic carbocycles. The number of benzene rings is 3. The Hall–Kier alpha value is -2.42. The quantitative estimate of drug-likeness (QED) is 0.708. The molecule has 2 nitrogen and oxygen atoms in total. The minimum Gasteiger partial charge on any atom is -0.392 e. The van der Waals surface area contributed by atoms with E-state index in [0.717, 1.165) is 11.1 Å². The third kappa shape index (κ3) is 3.73. The van der Waals surface area contributed by atoms with Crippen molar-refractivity contribution in [3.63, 3.8) is 0 Å². The molecule has 2 N–H and O–H groups in total. The van der Waals surface area contributed by atoms with Gasteiger partial charge in [0.05, 0.1) is 12.6 Å². The van der Waals surface area contributed by atoms with E-state index in [1.807, 2.05) is 24.3 Å². The maximum Gasteiger partial charge on any atom is 0.0685 e. The third-order valence-corrected chi connectivity index (χ3v) is 4.42. The van der Waals surface area contributed by atoms with E-state index in [-0.39, 0.29) is 12.6 Å². The molecule has 0 aliphatic heterocycles. The summed E-state index contributed by atoms with van der Waals surface area (Å²) in [5.74, 6) is 0. The SMILES string of the molecule is Cc1ccccc1C(NCc1ccccc1CO)c1ccccc1. The van der Waals surface area contributed by atoms with Crippen molar-refractivity contribution in [3.05, 3.63) is 107 Å². The summed E-state index contributed by atoms with van der Waals surface area (Å²) in [6.45, 7) is 2.93. The average Bonchev–Trinajstić information content (AvgIpc) is 2.64. The van der Waals surface area contributed by atoms with Crippen LogP contribution in [-0.2, 0) is 13.2 Å². The van der Waals surface area contributed by atoms with Crippen molar-refractivity contribution in [1.82, 2.24) is 5.32 Å². The summed E-state index contributed by atoms with van der Waals surface area (Å²) in [5, 5.41) is 13.2. The van der Waals surface area contributed by atoms with Crippen LogP contribution in [0.5, 0.6) is 0 Å². The lowest BCUT2D eigenvalue weighted by atomic mass is 9.94. The largest absolute Gasteiger partial charge is 0.392 e. The lowest BCUT2D eigenvalue weighted by molar-refractivity contribution is 0.280. The molecule has 3 aromatic carbocycles. The predicted molar refractivity (Wildman–Crippen MR) is 98.7 cm³/mol. The van der Waals surface area contributed by atoms with Crippen LogP contribution >= 0.6 is 0 Å². The maximum absolute atomic E-state index is 9.53. The summed E-state index contributed by atoms with van der Waals surface area (Å²) >= 11 is 0. The molecule has 0 spiro atoms. The molecule has 1 atom stereocenters. The molecule has 24 heavy (non-hydrogen) atoms. The lowest BCUT2D eigenvalue weighted by Crippen LogP contribution is -2.23. The van der Waals surface area contributed by atoms with Crippen LogP contribution in [0.25, 0.3) is 0 Å². The first kappa shape index (κ1) is 16.4. The van der Waals surface area contributed by atoms with Gasteiger partial charge in [0.1, 0.15) is 0 Å². The predicted octanol–water partition coefficient (Wildman–Crippen LogP) is 4.37. The van der Waals surface area contributed by atoms with Crippen molar-refractivity contribution >= 4 is 0 Å². The zero-order valence-corrected chi connectivity index (χ0v) is 13.9. The second kappa shape index (κ2) is 7.91. The Morgan fingerprint density at radius 2 is 1.42 bits per heavy atom.